The van der Waals surface area contributed by atoms with Gasteiger partial charge in [-0.15, -0.1) is 11.8 Å². The van der Waals surface area contributed by atoms with Crippen molar-refractivity contribution in [1.82, 2.24) is 0 Å². The van der Waals surface area contributed by atoms with Gasteiger partial charge < -0.3 is 0 Å². The average molecular weight is 317 g/mol. The Morgan fingerprint density at radius 1 is 1.23 bits per heavy atom. The molecule has 1 unspecified atom stereocenters. The van der Waals surface area contributed by atoms with Crippen LogP contribution in [0, 0.1) is 11.3 Å². The second-order valence-corrected chi connectivity index (χ2v) is 8.12. The van der Waals surface area contributed by atoms with Crippen LogP contribution < -0.4 is 0 Å². The van der Waals surface area contributed by atoms with Crippen LogP contribution in [0.4, 0.5) is 0 Å². The molecule has 1 aliphatic carbocycles. The highest BCUT2D eigenvalue weighted by Gasteiger charge is 2.33. The number of nitrogens with zero attached hydrogens (tertiary/aromatic N) is 1. The number of Topliss-reactive ketones (excluding diaryl/α,β-unsaturated/α-hetero) is 1. The standard InChI is InChI=1S/C19H27NOS/c1-19(2,3)18(21)16-11-7-8-12-17(16)20-13-14-22-15-9-5-4-6-10-15/h4-6,9-10,16H,7-8,11-14H2,1-3H3. The molecule has 0 radical (unpaired) electrons. The molecule has 1 aliphatic rings. The number of ketones is 1. The van der Waals surface area contributed by atoms with Gasteiger partial charge in [0.2, 0.25) is 0 Å². The van der Waals surface area contributed by atoms with Crippen molar-refractivity contribution in [3.63, 3.8) is 0 Å². The van der Waals surface area contributed by atoms with E-state index in [4.69, 9.17) is 4.99 Å². The van der Waals surface area contributed by atoms with E-state index in [1.165, 1.54) is 11.3 Å². The van der Waals surface area contributed by atoms with Gasteiger partial charge in [0.1, 0.15) is 5.78 Å². The van der Waals surface area contributed by atoms with Crippen LogP contribution in [0.25, 0.3) is 0 Å². The largest absolute Gasteiger partial charge is 0.298 e. The van der Waals surface area contributed by atoms with E-state index in [2.05, 4.69) is 24.3 Å². The van der Waals surface area contributed by atoms with Crippen LogP contribution in [-0.4, -0.2) is 23.8 Å². The third-order valence-electron chi connectivity index (χ3n) is 4.05. The molecule has 120 valence electrons. The van der Waals surface area contributed by atoms with Crippen molar-refractivity contribution < 1.29 is 4.79 Å². The van der Waals surface area contributed by atoms with Crippen LogP contribution in [0.2, 0.25) is 0 Å². The van der Waals surface area contributed by atoms with E-state index >= 15 is 0 Å². The molecule has 1 aromatic rings. The first kappa shape index (κ1) is 17.3. The van der Waals surface area contributed by atoms with Gasteiger partial charge in [-0.05, 0) is 31.4 Å². The minimum absolute atomic E-state index is 0.0653. The van der Waals surface area contributed by atoms with Gasteiger partial charge in [-0.2, -0.15) is 0 Å². The monoisotopic (exact) mass is 317 g/mol. The van der Waals surface area contributed by atoms with Crippen molar-refractivity contribution in [2.45, 2.75) is 51.3 Å². The lowest BCUT2D eigenvalue weighted by molar-refractivity contribution is -0.128. The number of aliphatic imine (C=N–C) groups is 1. The molecule has 1 saturated carbocycles. The van der Waals surface area contributed by atoms with Crippen LogP contribution in [0.1, 0.15) is 46.5 Å². The molecule has 0 saturated heterocycles. The Balaban J connectivity index is 1.91. The van der Waals surface area contributed by atoms with Gasteiger partial charge in [0.05, 0.1) is 5.92 Å². The van der Waals surface area contributed by atoms with Crippen molar-refractivity contribution in [3.8, 4) is 0 Å². The van der Waals surface area contributed by atoms with E-state index in [-0.39, 0.29) is 11.3 Å². The second kappa shape index (κ2) is 7.96. The quantitative estimate of drug-likeness (QED) is 0.563. The van der Waals surface area contributed by atoms with E-state index < -0.39 is 0 Å². The van der Waals surface area contributed by atoms with Gasteiger partial charge in [0, 0.05) is 28.3 Å². The Morgan fingerprint density at radius 3 is 2.64 bits per heavy atom. The fourth-order valence-electron chi connectivity index (χ4n) is 2.86. The molecule has 0 spiro atoms. The maximum atomic E-state index is 12.6. The van der Waals surface area contributed by atoms with Crippen molar-refractivity contribution in [2.75, 3.05) is 12.3 Å². The Bertz CT molecular complexity index is 516. The first-order chi connectivity index (χ1) is 10.5. The summed E-state index contributed by atoms with van der Waals surface area (Å²) in [6.07, 6.45) is 4.33. The fourth-order valence-corrected chi connectivity index (χ4v) is 3.63. The average Bonchev–Trinajstić information content (AvgIpc) is 2.51. The minimum atomic E-state index is -0.262. The maximum absolute atomic E-state index is 12.6. The summed E-state index contributed by atoms with van der Waals surface area (Å²) in [7, 11) is 0. The highest BCUT2D eigenvalue weighted by atomic mass is 32.2. The maximum Gasteiger partial charge on any atom is 0.146 e. The lowest BCUT2D eigenvalue weighted by Crippen LogP contribution is -2.35. The van der Waals surface area contributed by atoms with E-state index in [1.807, 2.05) is 38.6 Å². The van der Waals surface area contributed by atoms with E-state index in [0.717, 1.165) is 37.3 Å². The van der Waals surface area contributed by atoms with Gasteiger partial charge in [0.15, 0.2) is 0 Å². The van der Waals surface area contributed by atoms with Gasteiger partial charge >= 0.3 is 0 Å². The summed E-state index contributed by atoms with van der Waals surface area (Å²) in [5.41, 5.74) is 0.890. The molecule has 1 aromatic carbocycles. The third-order valence-corrected chi connectivity index (χ3v) is 5.04. The van der Waals surface area contributed by atoms with Crippen molar-refractivity contribution in [3.05, 3.63) is 30.3 Å². The van der Waals surface area contributed by atoms with Crippen LogP contribution in [0.3, 0.4) is 0 Å². The molecule has 0 amide bonds. The molecule has 3 heteroatoms. The number of hydrogen-bond acceptors (Lipinski definition) is 3. The van der Waals surface area contributed by atoms with Crippen LogP contribution in [-0.2, 0) is 4.79 Å². The molecule has 1 fully saturated rings. The summed E-state index contributed by atoms with van der Waals surface area (Å²) in [4.78, 5) is 18.7. The highest BCUT2D eigenvalue weighted by Crippen LogP contribution is 2.30. The summed E-state index contributed by atoms with van der Waals surface area (Å²) in [6, 6.07) is 10.4. The molecule has 0 heterocycles. The second-order valence-electron chi connectivity index (χ2n) is 6.95. The molecule has 2 rings (SSSR count). The molecule has 0 N–H and O–H groups in total. The van der Waals surface area contributed by atoms with Gasteiger partial charge in [-0.3, -0.25) is 9.79 Å². The third kappa shape index (κ3) is 4.98. The predicted octanol–water partition coefficient (Wildman–Crippen LogP) is 5.03. The smallest absolute Gasteiger partial charge is 0.146 e. The zero-order chi connectivity index (χ0) is 16.0. The van der Waals surface area contributed by atoms with Crippen LogP contribution in [0.5, 0.6) is 0 Å². The molecule has 0 aliphatic heterocycles. The molecular weight excluding hydrogens is 290 g/mol. The summed E-state index contributed by atoms with van der Waals surface area (Å²) in [5.74, 6) is 1.40. The van der Waals surface area contributed by atoms with E-state index in [9.17, 15) is 4.79 Å². The molecular formula is C19H27NOS. The van der Waals surface area contributed by atoms with Gasteiger partial charge in [-0.1, -0.05) is 45.4 Å². The SMILES string of the molecule is CC(C)(C)C(=O)C1CCCCC1=NCCSc1ccccc1. The Labute approximate surface area is 138 Å². The lowest BCUT2D eigenvalue weighted by Gasteiger charge is -2.29. The van der Waals surface area contributed by atoms with Gasteiger partial charge in [-0.25, -0.2) is 0 Å². The molecule has 0 bridgehead atoms. The summed E-state index contributed by atoms with van der Waals surface area (Å²) >= 11 is 1.83. The predicted molar refractivity (Wildman–Crippen MR) is 95.9 cm³/mol. The molecule has 2 nitrogen and oxygen atoms in total. The Kier molecular flexibility index (Phi) is 6.25. The highest BCUT2D eigenvalue weighted by molar-refractivity contribution is 7.99. The van der Waals surface area contributed by atoms with Gasteiger partial charge in [0.25, 0.3) is 0 Å². The lowest BCUT2D eigenvalue weighted by atomic mass is 9.75. The van der Waals surface area contributed by atoms with Crippen molar-refractivity contribution in [1.29, 1.82) is 0 Å². The normalized spacial score (nSPS) is 21.0. The zero-order valence-electron chi connectivity index (χ0n) is 14.0. The number of carbonyl (C=O) groups is 1. The summed E-state index contributed by atoms with van der Waals surface area (Å²) < 4.78 is 0. The van der Waals surface area contributed by atoms with Crippen molar-refractivity contribution >= 4 is 23.3 Å². The summed E-state index contributed by atoms with van der Waals surface area (Å²) in [5, 5.41) is 0. The Hall–Kier alpha value is -1.09. The first-order valence-corrected chi connectivity index (χ1v) is 9.22. The van der Waals surface area contributed by atoms with E-state index in [0.29, 0.717) is 5.78 Å². The Morgan fingerprint density at radius 2 is 1.95 bits per heavy atom. The van der Waals surface area contributed by atoms with Crippen LogP contribution in [0.15, 0.2) is 40.2 Å². The molecule has 1 atom stereocenters. The minimum Gasteiger partial charge on any atom is -0.298 e. The topological polar surface area (TPSA) is 29.4 Å². The number of rotatable bonds is 5. The zero-order valence-corrected chi connectivity index (χ0v) is 14.8. The number of thioether (sulfide) groups is 1. The van der Waals surface area contributed by atoms with Crippen molar-refractivity contribution in [2.24, 2.45) is 16.3 Å². The summed E-state index contributed by atoms with van der Waals surface area (Å²) in [6.45, 7) is 6.87. The number of carbonyl (C=O) groups excluding carboxylic acids is 1. The molecule has 0 aromatic heterocycles. The first-order valence-electron chi connectivity index (χ1n) is 8.24. The fraction of sp³-hybridized carbons (Fsp3) is 0.579. The molecule has 22 heavy (non-hydrogen) atoms. The number of hydrogen-bond donors (Lipinski definition) is 0. The number of benzene rings is 1. The van der Waals surface area contributed by atoms with E-state index in [1.54, 1.807) is 0 Å². The van der Waals surface area contributed by atoms with Crippen LogP contribution >= 0.6 is 11.8 Å².